The molecule has 12 heteroatoms. The minimum absolute atomic E-state index is 0.165. The number of rotatable bonds is 10. The van der Waals surface area contributed by atoms with Gasteiger partial charge >= 0.3 is 7.12 Å². The van der Waals surface area contributed by atoms with E-state index < -0.39 is 0 Å². The van der Waals surface area contributed by atoms with Gasteiger partial charge in [-0.1, -0.05) is 315 Å². The van der Waals surface area contributed by atoms with E-state index in [9.17, 15) is 0 Å². The van der Waals surface area contributed by atoms with Crippen molar-refractivity contribution < 1.29 is 18.1 Å². The lowest BCUT2D eigenvalue weighted by Gasteiger charge is -2.32. The number of para-hydroxylation sites is 2. The van der Waals surface area contributed by atoms with E-state index in [1.165, 1.54) is 82.0 Å². The Morgan fingerprint density at radius 3 is 0.830 bits per heavy atom. The number of nitrogens with zero attached hydrogens (tertiary/aromatic N) is 6. The van der Waals surface area contributed by atoms with Crippen molar-refractivity contribution in [3.05, 3.63) is 357 Å². The SMILES string of the molecule is CC1(C)OB(c2ccc(-c3c(-c4ccccc4)c4ccccc4c4ccccc34)cc2)OC1(C)C.Clc1nc(-c2ccccc2)nc(-c2ccc3c(c2)oc2ccccc23)n1.c1ccc(-c2nc(-c3ccc(-c4c(-c5ccccc5)c5ccccc5c5ccccc45)cc3)nc(-c3ccc4c(c3)oc3ccccc34)n2)cc1. The van der Waals surface area contributed by atoms with Gasteiger partial charge in [0.05, 0.1) is 11.2 Å². The second kappa shape index (κ2) is 28.8. The summed E-state index contributed by atoms with van der Waals surface area (Å²) in [6, 6.07) is 122. The van der Waals surface area contributed by atoms with Crippen molar-refractivity contribution in [2.75, 3.05) is 0 Å². The van der Waals surface area contributed by atoms with Gasteiger partial charge in [-0.3, -0.25) is 0 Å². The summed E-state index contributed by atoms with van der Waals surface area (Å²) in [6.45, 7) is 8.37. The molecule has 10 nitrogen and oxygen atoms in total. The maximum Gasteiger partial charge on any atom is 0.494 e. The minimum Gasteiger partial charge on any atom is -0.456 e. The largest absolute Gasteiger partial charge is 0.494 e. The van der Waals surface area contributed by atoms with Gasteiger partial charge in [0, 0.05) is 49.4 Å². The van der Waals surface area contributed by atoms with Gasteiger partial charge in [0.1, 0.15) is 22.3 Å². The number of furan rings is 2. The first-order valence-electron chi connectivity index (χ1n) is 37.6. The molecule has 0 N–H and O–H groups in total. The maximum absolute atomic E-state index is 6.29. The van der Waals surface area contributed by atoms with Crippen LogP contribution in [0.2, 0.25) is 5.28 Å². The normalized spacial score (nSPS) is 13.1. The van der Waals surface area contributed by atoms with E-state index in [1.807, 2.05) is 127 Å². The van der Waals surface area contributed by atoms with E-state index in [0.717, 1.165) is 82.7 Å². The Morgan fingerprint density at radius 2 is 0.464 bits per heavy atom. The Hall–Kier alpha value is -13.5. The standard InChI is InChI=1S/C47H29N3O.C32H29BO2.C21H12ClN3O/c1-3-13-30(14-4-1)43-39-20-9-7-17-35(39)36-18-8-10-21-40(36)44(43)31-23-25-33(26-24-31)46-48-45(32-15-5-2-6-16-32)49-47(50-46)34-27-28-38-37-19-11-12-22-41(37)51-42(38)29-34;1-31(2)32(3,4)35-33(34-31)24-20-18-23(19-21-24)30-28-17-11-9-15-26(28)25-14-8-10-16-27(25)29(30)22-12-6-5-7-13-22;22-21-24-19(13-6-2-1-3-7-13)23-20(25-21)14-10-11-16-15-8-4-5-9-17(15)26-18(16)12-14/h1-29H;5-21H,1-4H3;1-12H. The number of hydrogen-bond donors (Lipinski definition) is 0. The molecule has 0 bridgehead atoms. The second-order valence-corrected chi connectivity index (χ2v) is 29.4. The lowest BCUT2D eigenvalue weighted by Crippen LogP contribution is -2.41. The molecule has 0 unspecified atom stereocenters. The topological polar surface area (TPSA) is 122 Å². The first-order valence-corrected chi connectivity index (χ1v) is 38.0. The molecule has 1 fully saturated rings. The molecule has 534 valence electrons. The number of aromatic nitrogens is 6. The molecule has 16 aromatic carbocycles. The Morgan fingerprint density at radius 1 is 0.223 bits per heavy atom. The average molecular weight is 1470 g/mol. The zero-order valence-electron chi connectivity index (χ0n) is 61.8. The van der Waals surface area contributed by atoms with Crippen LogP contribution in [-0.4, -0.2) is 48.2 Å². The molecule has 112 heavy (non-hydrogen) atoms. The van der Waals surface area contributed by atoms with Crippen LogP contribution < -0.4 is 5.46 Å². The lowest BCUT2D eigenvalue weighted by atomic mass is 9.78. The van der Waals surface area contributed by atoms with Gasteiger partial charge in [-0.25, -0.2) is 19.9 Å². The van der Waals surface area contributed by atoms with Gasteiger partial charge in [-0.15, -0.1) is 0 Å². The Balaban J connectivity index is 0.000000120. The number of halogens is 1. The van der Waals surface area contributed by atoms with Crippen LogP contribution >= 0.6 is 11.6 Å². The molecule has 0 amide bonds. The summed E-state index contributed by atoms with van der Waals surface area (Å²) in [7, 11) is -0.365. The van der Waals surface area contributed by atoms with E-state index in [2.05, 4.69) is 267 Å². The lowest BCUT2D eigenvalue weighted by molar-refractivity contribution is 0.00578. The highest BCUT2D eigenvalue weighted by Gasteiger charge is 2.51. The van der Waals surface area contributed by atoms with Crippen molar-refractivity contribution in [3.63, 3.8) is 0 Å². The van der Waals surface area contributed by atoms with Crippen molar-refractivity contribution in [2.45, 2.75) is 38.9 Å². The van der Waals surface area contributed by atoms with E-state index >= 15 is 0 Å². The summed E-state index contributed by atoms with van der Waals surface area (Å²) in [4.78, 5) is 28.2. The number of fused-ring (bicyclic) bond motifs is 12. The highest BCUT2D eigenvalue weighted by molar-refractivity contribution is 6.62. The molecule has 1 aliphatic heterocycles. The van der Waals surface area contributed by atoms with Gasteiger partial charge in [-0.2, -0.15) is 9.97 Å². The monoisotopic (exact) mass is 1460 g/mol. The predicted octanol–water partition coefficient (Wildman–Crippen LogP) is 25.8. The van der Waals surface area contributed by atoms with Crippen LogP contribution in [0.25, 0.3) is 188 Å². The molecular weight excluding hydrogens is 1400 g/mol. The van der Waals surface area contributed by atoms with Crippen LogP contribution in [0.4, 0.5) is 0 Å². The summed E-state index contributed by atoms with van der Waals surface area (Å²) in [5.74, 6) is 2.90. The van der Waals surface area contributed by atoms with Gasteiger partial charge in [0.25, 0.3) is 0 Å². The molecular formula is C100H70BClN6O4. The van der Waals surface area contributed by atoms with Crippen LogP contribution in [0.3, 0.4) is 0 Å². The second-order valence-electron chi connectivity index (χ2n) is 29.1. The van der Waals surface area contributed by atoms with Crippen molar-refractivity contribution in [2.24, 2.45) is 0 Å². The quantitative estimate of drug-likeness (QED) is 0.0966. The van der Waals surface area contributed by atoms with Crippen LogP contribution in [0.5, 0.6) is 0 Å². The maximum atomic E-state index is 6.29. The van der Waals surface area contributed by atoms with Crippen molar-refractivity contribution in [3.8, 4) is 101 Å². The van der Waals surface area contributed by atoms with E-state index in [0.29, 0.717) is 29.1 Å². The Bertz CT molecular complexity index is 6940. The molecule has 1 saturated heterocycles. The molecule has 4 aromatic heterocycles. The first-order chi connectivity index (χ1) is 54.9. The highest BCUT2D eigenvalue weighted by Crippen LogP contribution is 2.48. The fourth-order valence-corrected chi connectivity index (χ4v) is 15.7. The Labute approximate surface area is 652 Å². The molecule has 0 atom stereocenters. The van der Waals surface area contributed by atoms with Crippen LogP contribution in [0, 0.1) is 0 Å². The molecule has 21 rings (SSSR count). The zero-order chi connectivity index (χ0) is 75.4. The number of benzene rings is 16. The van der Waals surface area contributed by atoms with Crippen LogP contribution in [-0.2, 0) is 9.31 Å². The third kappa shape index (κ3) is 12.9. The van der Waals surface area contributed by atoms with Crippen molar-refractivity contribution in [1.82, 2.24) is 29.9 Å². The third-order valence-corrected chi connectivity index (χ3v) is 21.9. The fraction of sp³-hybridized carbons (Fsp3) is 0.0600. The van der Waals surface area contributed by atoms with E-state index in [-0.39, 0.29) is 23.6 Å². The van der Waals surface area contributed by atoms with Crippen LogP contribution in [0.1, 0.15) is 27.7 Å². The summed E-state index contributed by atoms with van der Waals surface area (Å²) >= 11 is 6.15. The van der Waals surface area contributed by atoms with Gasteiger partial charge in [0.2, 0.25) is 5.28 Å². The fourth-order valence-electron chi connectivity index (χ4n) is 15.5. The number of hydrogen-bond acceptors (Lipinski definition) is 10. The molecule has 0 spiro atoms. The van der Waals surface area contributed by atoms with Gasteiger partial charge < -0.3 is 18.1 Å². The molecule has 0 radical (unpaired) electrons. The molecule has 20 aromatic rings. The van der Waals surface area contributed by atoms with Gasteiger partial charge in [0.15, 0.2) is 29.1 Å². The Kier molecular flexibility index (Phi) is 17.7. The molecule has 1 aliphatic rings. The molecule has 0 saturated carbocycles. The molecule has 0 aliphatic carbocycles. The van der Waals surface area contributed by atoms with Crippen molar-refractivity contribution >= 4 is 111 Å². The van der Waals surface area contributed by atoms with Crippen molar-refractivity contribution in [1.29, 1.82) is 0 Å². The summed E-state index contributed by atoms with van der Waals surface area (Å²) in [6.07, 6.45) is 0. The minimum atomic E-state index is -0.365. The van der Waals surface area contributed by atoms with Gasteiger partial charge in [-0.05, 0) is 169 Å². The van der Waals surface area contributed by atoms with E-state index in [1.54, 1.807) is 0 Å². The molecule has 5 heterocycles. The average Bonchev–Trinajstić information content (AvgIpc) is 0.833. The summed E-state index contributed by atoms with van der Waals surface area (Å²) in [5.41, 5.74) is 17.8. The zero-order valence-corrected chi connectivity index (χ0v) is 62.5. The van der Waals surface area contributed by atoms with E-state index in [4.69, 9.17) is 44.7 Å². The third-order valence-electron chi connectivity index (χ3n) is 21.7. The smallest absolute Gasteiger partial charge is 0.456 e. The first kappa shape index (κ1) is 68.9. The summed E-state index contributed by atoms with van der Waals surface area (Å²) in [5, 5.41) is 14.5. The van der Waals surface area contributed by atoms with Crippen LogP contribution in [0.15, 0.2) is 361 Å². The predicted molar refractivity (Wildman–Crippen MR) is 460 cm³/mol. The summed E-state index contributed by atoms with van der Waals surface area (Å²) < 4.78 is 24.8. The highest BCUT2D eigenvalue weighted by atomic mass is 35.5.